The minimum absolute atomic E-state index is 0.00733. The summed E-state index contributed by atoms with van der Waals surface area (Å²) in [4.78, 5) is 30.0. The van der Waals surface area contributed by atoms with Crippen molar-refractivity contribution >= 4 is 39.1 Å². The lowest BCUT2D eigenvalue weighted by molar-refractivity contribution is -0.120. The summed E-state index contributed by atoms with van der Waals surface area (Å²) in [5.74, 6) is -1.05. The van der Waals surface area contributed by atoms with Gasteiger partial charge in [0.1, 0.15) is 16.4 Å². The molecule has 0 spiro atoms. The van der Waals surface area contributed by atoms with Crippen LogP contribution >= 0.6 is 0 Å². The van der Waals surface area contributed by atoms with E-state index < -0.39 is 28.0 Å². The molecule has 4 aromatic carbocycles. The number of amides is 1. The number of carbonyl (C=O) groups is 2. The number of benzene rings is 4. The molecule has 1 heterocycles. The van der Waals surface area contributed by atoms with Gasteiger partial charge in [-0.25, -0.2) is 22.5 Å². The number of ether oxygens (including phenoxy) is 2. The van der Waals surface area contributed by atoms with Crippen LogP contribution in [-0.2, 0) is 14.8 Å². The van der Waals surface area contributed by atoms with Crippen LogP contribution in [-0.4, -0.2) is 54.8 Å². The highest BCUT2D eigenvalue weighted by molar-refractivity contribution is 7.90. The molecule has 0 bridgehead atoms. The van der Waals surface area contributed by atoms with E-state index in [4.69, 9.17) is 9.47 Å². The fraction of sp³-hybridized carbons (Fsp3) is 0.206. The Bertz CT molecular complexity index is 1870. The Hall–Kier alpha value is -5.16. The van der Waals surface area contributed by atoms with Gasteiger partial charge in [0.2, 0.25) is 6.10 Å². The number of hydrogen-bond acceptors (Lipinski definition) is 7. The lowest BCUT2D eigenvalue weighted by Crippen LogP contribution is -2.52. The van der Waals surface area contributed by atoms with Crippen molar-refractivity contribution in [2.24, 2.45) is 4.99 Å². The van der Waals surface area contributed by atoms with Gasteiger partial charge >= 0.3 is 5.97 Å². The summed E-state index contributed by atoms with van der Waals surface area (Å²) in [6.45, 7) is 5.93. The van der Waals surface area contributed by atoms with Crippen LogP contribution in [0, 0.1) is 20.8 Å². The summed E-state index contributed by atoms with van der Waals surface area (Å²) >= 11 is 0. The van der Waals surface area contributed by atoms with Gasteiger partial charge in [-0.1, -0.05) is 48.0 Å². The topological polar surface area (TPSA) is 135 Å². The molecule has 0 aliphatic carbocycles. The molecule has 1 amide bonds. The molecule has 1 atom stereocenters. The summed E-state index contributed by atoms with van der Waals surface area (Å²) in [6.07, 6.45) is -1.24. The molecule has 232 valence electrons. The number of rotatable bonds is 11. The third-order valence-corrected chi connectivity index (χ3v) is 9.10. The number of nitrogens with one attached hydrogen (secondary N) is 1. The van der Waals surface area contributed by atoms with E-state index in [0.717, 1.165) is 21.0 Å². The average Bonchev–Trinajstić information content (AvgIpc) is 3.01. The maximum Gasteiger partial charge on any atom is 0.335 e. The highest BCUT2D eigenvalue weighted by Gasteiger charge is 2.41. The molecular weight excluding hydrogens is 594 g/mol. The number of aromatic carboxylic acids is 1. The number of sulfonamides is 1. The van der Waals surface area contributed by atoms with Crippen LogP contribution in [0.2, 0.25) is 0 Å². The maximum absolute atomic E-state index is 14.0. The number of nitrogens with zero attached hydrogens (tertiary/aromatic N) is 2. The van der Waals surface area contributed by atoms with Gasteiger partial charge in [0.05, 0.1) is 17.9 Å². The zero-order valence-electron chi connectivity index (χ0n) is 25.1. The van der Waals surface area contributed by atoms with Crippen LogP contribution in [0.25, 0.3) is 0 Å². The van der Waals surface area contributed by atoms with E-state index in [2.05, 4.69) is 10.3 Å². The van der Waals surface area contributed by atoms with Crippen molar-refractivity contribution in [2.75, 3.05) is 18.5 Å². The normalized spacial score (nSPS) is 14.1. The van der Waals surface area contributed by atoms with E-state index in [0.29, 0.717) is 11.4 Å². The zero-order chi connectivity index (χ0) is 32.1. The first-order valence-corrected chi connectivity index (χ1v) is 15.8. The summed E-state index contributed by atoms with van der Waals surface area (Å²) < 4.78 is 41.3. The molecule has 0 fully saturated rings. The van der Waals surface area contributed by atoms with Crippen LogP contribution < -0.4 is 14.8 Å². The second kappa shape index (κ2) is 13.2. The van der Waals surface area contributed by atoms with Crippen molar-refractivity contribution in [1.82, 2.24) is 4.31 Å². The van der Waals surface area contributed by atoms with Crippen LogP contribution in [0.3, 0.4) is 0 Å². The Balaban J connectivity index is 1.50. The predicted octanol–water partition coefficient (Wildman–Crippen LogP) is 5.90. The number of fused-ring (bicyclic) bond motifs is 1. The Labute approximate surface area is 262 Å². The standard InChI is InChI=1S/C34H33N3O7S/c1-22-13-18-29(24(3)21-22)43-20-8-19-37-32(35-28-11-6-7-12-30(28)45(37,41)42)31(33(38)36-27-10-5-4-9-23(27)2)44-26-16-14-25(15-17-26)34(39)40/h4-7,9-18,21,31H,8,19-20H2,1-3H3,(H,36,38)(H,39,40). The predicted molar refractivity (Wildman–Crippen MR) is 171 cm³/mol. The number of carboxylic acids is 1. The molecule has 10 nitrogen and oxygen atoms in total. The summed E-state index contributed by atoms with van der Waals surface area (Å²) in [5.41, 5.74) is 3.58. The number of anilines is 1. The van der Waals surface area contributed by atoms with E-state index in [-0.39, 0.29) is 47.3 Å². The number of para-hydroxylation sites is 2. The van der Waals surface area contributed by atoms with Gasteiger partial charge in [0.15, 0.2) is 5.84 Å². The Morgan fingerprint density at radius 2 is 1.62 bits per heavy atom. The van der Waals surface area contributed by atoms with Crippen LogP contribution in [0.4, 0.5) is 11.4 Å². The molecule has 0 aromatic heterocycles. The lowest BCUT2D eigenvalue weighted by atomic mass is 10.1. The van der Waals surface area contributed by atoms with Gasteiger partial charge in [-0.2, -0.15) is 0 Å². The van der Waals surface area contributed by atoms with Crippen molar-refractivity contribution in [2.45, 2.75) is 38.2 Å². The number of aryl methyl sites for hydroxylation is 3. The first-order valence-electron chi connectivity index (χ1n) is 14.3. The minimum Gasteiger partial charge on any atom is -0.493 e. The molecule has 0 saturated heterocycles. The first-order chi connectivity index (χ1) is 21.5. The molecule has 45 heavy (non-hydrogen) atoms. The number of carboxylic acid groups (broad SMARTS) is 1. The molecule has 0 saturated carbocycles. The van der Waals surface area contributed by atoms with Gasteiger partial charge in [0.25, 0.3) is 15.9 Å². The van der Waals surface area contributed by atoms with Crippen LogP contribution in [0.1, 0.15) is 33.5 Å². The fourth-order valence-corrected chi connectivity index (χ4v) is 6.53. The third kappa shape index (κ3) is 6.99. The molecule has 11 heteroatoms. The summed E-state index contributed by atoms with van der Waals surface area (Å²) in [5, 5.41) is 12.2. The molecule has 0 radical (unpaired) electrons. The second-order valence-electron chi connectivity index (χ2n) is 10.6. The lowest BCUT2D eigenvalue weighted by Gasteiger charge is -2.33. The highest BCUT2D eigenvalue weighted by Crippen LogP contribution is 2.34. The van der Waals surface area contributed by atoms with Crippen molar-refractivity contribution in [3.05, 3.63) is 113 Å². The van der Waals surface area contributed by atoms with Crippen molar-refractivity contribution in [3.63, 3.8) is 0 Å². The van der Waals surface area contributed by atoms with Gasteiger partial charge in [-0.3, -0.25) is 4.79 Å². The van der Waals surface area contributed by atoms with Gasteiger partial charge in [-0.05, 0) is 80.4 Å². The summed E-state index contributed by atoms with van der Waals surface area (Å²) in [6, 6.07) is 24.8. The van der Waals surface area contributed by atoms with E-state index in [1.54, 1.807) is 30.3 Å². The molecule has 5 rings (SSSR count). The largest absolute Gasteiger partial charge is 0.493 e. The van der Waals surface area contributed by atoms with Crippen molar-refractivity contribution < 1.29 is 32.6 Å². The Morgan fingerprint density at radius 3 is 2.33 bits per heavy atom. The number of amidine groups is 1. The monoisotopic (exact) mass is 627 g/mol. The molecule has 1 aliphatic heterocycles. The Kier molecular flexibility index (Phi) is 9.19. The molecule has 1 unspecified atom stereocenters. The van der Waals surface area contributed by atoms with Crippen molar-refractivity contribution in [1.29, 1.82) is 0 Å². The van der Waals surface area contributed by atoms with E-state index in [1.165, 1.54) is 30.3 Å². The Morgan fingerprint density at radius 1 is 0.911 bits per heavy atom. The van der Waals surface area contributed by atoms with Crippen molar-refractivity contribution in [3.8, 4) is 11.5 Å². The fourth-order valence-electron chi connectivity index (χ4n) is 4.91. The van der Waals surface area contributed by atoms with E-state index in [9.17, 15) is 23.1 Å². The highest BCUT2D eigenvalue weighted by atomic mass is 32.2. The smallest absolute Gasteiger partial charge is 0.335 e. The number of aliphatic imine (C=N–C) groups is 1. The van der Waals surface area contributed by atoms with E-state index in [1.807, 2.05) is 51.1 Å². The molecule has 4 aromatic rings. The minimum atomic E-state index is -4.15. The third-order valence-electron chi connectivity index (χ3n) is 7.25. The molecular formula is C34H33N3O7S. The SMILES string of the molecule is Cc1ccc(OCCCN2C(C(Oc3ccc(C(=O)O)cc3)C(=O)Nc3ccccc3C)=Nc3ccccc3S2(=O)=O)c(C)c1. The van der Waals surface area contributed by atoms with Gasteiger partial charge in [0, 0.05) is 18.7 Å². The van der Waals surface area contributed by atoms with Crippen LogP contribution in [0.5, 0.6) is 11.5 Å². The first kappa shape index (κ1) is 31.3. The zero-order valence-corrected chi connectivity index (χ0v) is 25.9. The summed E-state index contributed by atoms with van der Waals surface area (Å²) in [7, 11) is -4.15. The maximum atomic E-state index is 14.0. The average molecular weight is 628 g/mol. The quantitative estimate of drug-likeness (QED) is 0.198. The molecule has 2 N–H and O–H groups in total. The van der Waals surface area contributed by atoms with Gasteiger partial charge in [-0.15, -0.1) is 0 Å². The number of carbonyl (C=O) groups excluding carboxylic acids is 1. The van der Waals surface area contributed by atoms with Crippen LogP contribution in [0.15, 0.2) is 101 Å². The van der Waals surface area contributed by atoms with E-state index >= 15 is 0 Å². The number of hydrogen-bond donors (Lipinski definition) is 2. The second-order valence-corrected chi connectivity index (χ2v) is 12.4. The van der Waals surface area contributed by atoms with Gasteiger partial charge < -0.3 is 19.9 Å². The molecule has 1 aliphatic rings.